The number of rotatable bonds is 6. The summed E-state index contributed by atoms with van der Waals surface area (Å²) in [6, 6.07) is 7.06. The molecule has 0 saturated heterocycles. The van der Waals surface area contributed by atoms with E-state index in [0.717, 1.165) is 11.1 Å². The molecule has 0 fully saturated rings. The van der Waals surface area contributed by atoms with Crippen molar-refractivity contribution in [1.29, 1.82) is 0 Å². The number of carbonyl (C=O) groups is 1. The molecule has 4 nitrogen and oxygen atoms in total. The summed E-state index contributed by atoms with van der Waals surface area (Å²) in [5.74, 6) is -0.427. The van der Waals surface area contributed by atoms with E-state index < -0.39 is 0 Å². The molecule has 0 amide bonds. The van der Waals surface area contributed by atoms with Crippen LogP contribution in [0.1, 0.15) is 43.4 Å². The Morgan fingerprint density at radius 3 is 2.28 bits per heavy atom. The number of ether oxygens (including phenoxy) is 1. The molecule has 2 atom stereocenters. The summed E-state index contributed by atoms with van der Waals surface area (Å²) in [6.07, 6.45) is 0.699. The number of aliphatic hydroxyl groups is 1. The van der Waals surface area contributed by atoms with Gasteiger partial charge in [-0.2, -0.15) is 0 Å². The Hall–Kier alpha value is -1.39. The summed E-state index contributed by atoms with van der Waals surface area (Å²) in [6.45, 7) is 4.06. The van der Waals surface area contributed by atoms with Crippen LogP contribution in [0.3, 0.4) is 0 Å². The lowest BCUT2D eigenvalue weighted by Crippen LogP contribution is -2.16. The number of carbonyl (C=O) groups excluding carboxylic acids is 1. The van der Waals surface area contributed by atoms with Crippen molar-refractivity contribution < 1.29 is 14.6 Å². The highest BCUT2D eigenvalue weighted by atomic mass is 16.5. The standard InChI is InChI=1S/C14H21NO3/c1-3-12(14(17)18-4-2)10-5-7-11(8-6-10)13(15)9-16/h5-8,12-13,16H,3-4,9,15H2,1-2H3/t12?,13-/m1/s1. The van der Waals surface area contributed by atoms with Gasteiger partial charge < -0.3 is 15.6 Å². The summed E-state index contributed by atoms with van der Waals surface area (Å²) < 4.78 is 5.04. The molecule has 0 heterocycles. The van der Waals surface area contributed by atoms with Crippen LogP contribution in [0.4, 0.5) is 0 Å². The molecule has 1 rings (SSSR count). The lowest BCUT2D eigenvalue weighted by molar-refractivity contribution is -0.145. The second-order valence-electron chi connectivity index (χ2n) is 4.17. The zero-order valence-electron chi connectivity index (χ0n) is 10.9. The summed E-state index contributed by atoms with van der Waals surface area (Å²) in [5, 5.41) is 8.97. The van der Waals surface area contributed by atoms with Gasteiger partial charge in [0.05, 0.1) is 25.2 Å². The molecule has 1 unspecified atom stereocenters. The Balaban J connectivity index is 2.85. The third kappa shape index (κ3) is 3.55. The van der Waals surface area contributed by atoms with Crippen LogP contribution >= 0.6 is 0 Å². The van der Waals surface area contributed by atoms with Gasteiger partial charge in [-0.25, -0.2) is 0 Å². The predicted molar refractivity (Wildman–Crippen MR) is 70.1 cm³/mol. The van der Waals surface area contributed by atoms with Crippen LogP contribution in [0.2, 0.25) is 0 Å². The number of benzene rings is 1. The van der Waals surface area contributed by atoms with Crippen molar-refractivity contribution in [3.8, 4) is 0 Å². The molecule has 0 aliphatic rings. The number of hydrogen-bond acceptors (Lipinski definition) is 4. The van der Waals surface area contributed by atoms with Crippen LogP contribution in [-0.4, -0.2) is 24.3 Å². The first-order valence-electron chi connectivity index (χ1n) is 6.26. The summed E-state index contributed by atoms with van der Waals surface area (Å²) in [5.41, 5.74) is 7.50. The van der Waals surface area contributed by atoms with E-state index in [2.05, 4.69) is 0 Å². The normalized spacial score (nSPS) is 14.0. The van der Waals surface area contributed by atoms with Gasteiger partial charge in [-0.05, 0) is 24.5 Å². The van der Waals surface area contributed by atoms with Crippen molar-refractivity contribution in [2.75, 3.05) is 13.2 Å². The molecule has 1 aromatic rings. The Bertz CT molecular complexity index is 375. The maximum absolute atomic E-state index is 11.8. The van der Waals surface area contributed by atoms with Crippen LogP contribution in [-0.2, 0) is 9.53 Å². The summed E-state index contributed by atoms with van der Waals surface area (Å²) >= 11 is 0. The molecule has 0 bridgehead atoms. The minimum Gasteiger partial charge on any atom is -0.466 e. The minimum atomic E-state index is -0.373. The third-order valence-corrected chi connectivity index (χ3v) is 2.94. The zero-order valence-corrected chi connectivity index (χ0v) is 10.9. The van der Waals surface area contributed by atoms with Gasteiger partial charge in [-0.15, -0.1) is 0 Å². The summed E-state index contributed by atoms with van der Waals surface area (Å²) in [7, 11) is 0. The fourth-order valence-electron chi connectivity index (χ4n) is 1.86. The Morgan fingerprint density at radius 2 is 1.83 bits per heavy atom. The fraction of sp³-hybridized carbons (Fsp3) is 0.500. The largest absolute Gasteiger partial charge is 0.466 e. The van der Waals surface area contributed by atoms with Gasteiger partial charge in [0.25, 0.3) is 0 Å². The highest BCUT2D eigenvalue weighted by Crippen LogP contribution is 2.22. The van der Waals surface area contributed by atoms with Crippen LogP contribution in [0.5, 0.6) is 0 Å². The Labute approximate surface area is 108 Å². The molecule has 4 heteroatoms. The van der Waals surface area contributed by atoms with E-state index in [1.54, 1.807) is 6.92 Å². The van der Waals surface area contributed by atoms with E-state index in [9.17, 15) is 4.79 Å². The maximum atomic E-state index is 11.8. The molecule has 1 aromatic carbocycles. The van der Waals surface area contributed by atoms with Crippen molar-refractivity contribution >= 4 is 5.97 Å². The highest BCUT2D eigenvalue weighted by molar-refractivity contribution is 5.78. The Morgan fingerprint density at radius 1 is 1.28 bits per heavy atom. The quantitative estimate of drug-likeness (QED) is 0.755. The van der Waals surface area contributed by atoms with Crippen LogP contribution in [0, 0.1) is 0 Å². The van der Waals surface area contributed by atoms with E-state index in [1.165, 1.54) is 0 Å². The van der Waals surface area contributed by atoms with Gasteiger partial charge in [0, 0.05) is 0 Å². The first-order chi connectivity index (χ1) is 8.63. The second-order valence-corrected chi connectivity index (χ2v) is 4.17. The number of esters is 1. The van der Waals surface area contributed by atoms with Gasteiger partial charge in [-0.3, -0.25) is 4.79 Å². The topological polar surface area (TPSA) is 72.5 Å². The van der Waals surface area contributed by atoms with Crippen LogP contribution in [0.25, 0.3) is 0 Å². The van der Waals surface area contributed by atoms with Crippen molar-refractivity contribution in [3.05, 3.63) is 35.4 Å². The lowest BCUT2D eigenvalue weighted by Gasteiger charge is -2.15. The third-order valence-electron chi connectivity index (χ3n) is 2.94. The monoisotopic (exact) mass is 251 g/mol. The van der Waals surface area contributed by atoms with Gasteiger partial charge in [-0.1, -0.05) is 31.2 Å². The van der Waals surface area contributed by atoms with Crippen molar-refractivity contribution in [2.45, 2.75) is 32.2 Å². The molecule has 0 aliphatic carbocycles. The highest BCUT2D eigenvalue weighted by Gasteiger charge is 2.19. The average molecular weight is 251 g/mol. The van der Waals surface area contributed by atoms with Crippen molar-refractivity contribution in [1.82, 2.24) is 0 Å². The molecule has 3 N–H and O–H groups in total. The molecule has 0 saturated carbocycles. The van der Waals surface area contributed by atoms with Crippen molar-refractivity contribution in [3.63, 3.8) is 0 Å². The zero-order chi connectivity index (χ0) is 13.5. The van der Waals surface area contributed by atoms with Gasteiger partial charge in [0.15, 0.2) is 0 Å². The molecular formula is C14H21NO3. The van der Waals surface area contributed by atoms with Gasteiger partial charge in [0.1, 0.15) is 0 Å². The fourth-order valence-corrected chi connectivity index (χ4v) is 1.86. The smallest absolute Gasteiger partial charge is 0.313 e. The van der Waals surface area contributed by atoms with E-state index in [4.69, 9.17) is 15.6 Å². The first-order valence-corrected chi connectivity index (χ1v) is 6.26. The Kier molecular flexibility index (Phi) is 5.82. The van der Waals surface area contributed by atoms with Gasteiger partial charge >= 0.3 is 5.97 Å². The number of aliphatic hydroxyl groups excluding tert-OH is 1. The molecule has 0 aromatic heterocycles. The molecular weight excluding hydrogens is 230 g/mol. The summed E-state index contributed by atoms with van der Waals surface area (Å²) in [4.78, 5) is 11.8. The second kappa shape index (κ2) is 7.13. The minimum absolute atomic E-state index is 0.0889. The number of nitrogens with two attached hydrogens (primary N) is 1. The maximum Gasteiger partial charge on any atom is 0.313 e. The van der Waals surface area contributed by atoms with E-state index in [-0.39, 0.29) is 24.5 Å². The SMILES string of the molecule is CCOC(=O)C(CC)c1ccc([C@H](N)CO)cc1. The average Bonchev–Trinajstić information content (AvgIpc) is 2.40. The molecule has 0 spiro atoms. The van der Waals surface area contributed by atoms with Gasteiger partial charge in [0.2, 0.25) is 0 Å². The molecule has 100 valence electrons. The van der Waals surface area contributed by atoms with Crippen LogP contribution in [0.15, 0.2) is 24.3 Å². The van der Waals surface area contributed by atoms with E-state index >= 15 is 0 Å². The van der Waals surface area contributed by atoms with Crippen molar-refractivity contribution in [2.24, 2.45) is 5.73 Å². The predicted octanol–water partition coefficient (Wildman–Crippen LogP) is 1.74. The van der Waals surface area contributed by atoms with E-state index in [1.807, 2.05) is 31.2 Å². The molecule has 0 aliphatic heterocycles. The van der Waals surface area contributed by atoms with Crippen LogP contribution < -0.4 is 5.73 Å². The first kappa shape index (κ1) is 14.7. The number of hydrogen-bond donors (Lipinski definition) is 2. The van der Waals surface area contributed by atoms with E-state index in [0.29, 0.717) is 13.0 Å². The lowest BCUT2D eigenvalue weighted by atomic mass is 9.94. The molecule has 0 radical (unpaired) electrons. The molecule has 18 heavy (non-hydrogen) atoms.